The van der Waals surface area contributed by atoms with Gasteiger partial charge in [-0.2, -0.15) is 0 Å². The number of carbonyl (C=O) groups is 4. The number of nitrogens with zero attached hydrogens (tertiary/aromatic N) is 3. The number of rotatable bonds is 12. The third kappa shape index (κ3) is 8.00. The maximum atomic E-state index is 12.3. The number of anilines is 2. The van der Waals surface area contributed by atoms with Gasteiger partial charge in [-0.1, -0.05) is 12.1 Å². The number of likely N-dealkylation sites (N-methyl/N-ethyl adjacent to an activating group) is 2. The van der Waals surface area contributed by atoms with E-state index < -0.39 is 11.9 Å². The fourth-order valence-corrected chi connectivity index (χ4v) is 3.63. The van der Waals surface area contributed by atoms with E-state index in [0.717, 1.165) is 10.8 Å². The normalized spacial score (nSPS) is 11.2. The Bertz CT molecular complexity index is 1200. The minimum Gasteiger partial charge on any atom is -0.480 e. The number of aromatic nitrogens is 1. The predicted molar refractivity (Wildman–Crippen MR) is 136 cm³/mol. The van der Waals surface area contributed by atoms with Crippen LogP contribution >= 0.6 is 0 Å². The van der Waals surface area contributed by atoms with Gasteiger partial charge in [0.15, 0.2) is 0 Å². The van der Waals surface area contributed by atoms with Crippen LogP contribution in [0.15, 0.2) is 42.5 Å². The summed E-state index contributed by atoms with van der Waals surface area (Å²) in [5.41, 5.74) is 2.49. The summed E-state index contributed by atoms with van der Waals surface area (Å²) < 4.78 is 0. The van der Waals surface area contributed by atoms with Crippen molar-refractivity contribution in [3.8, 4) is 0 Å². The van der Waals surface area contributed by atoms with Gasteiger partial charge >= 0.3 is 11.9 Å². The highest BCUT2D eigenvalue weighted by atomic mass is 16.4. The molecule has 3 aromatic rings. The Kier molecular flexibility index (Phi) is 8.87. The fraction of sp³-hybridized carbons (Fsp3) is 0.320. The van der Waals surface area contributed by atoms with Crippen LogP contribution in [0, 0.1) is 0 Å². The number of amides is 2. The van der Waals surface area contributed by atoms with Gasteiger partial charge < -0.3 is 20.8 Å². The lowest BCUT2D eigenvalue weighted by Crippen LogP contribution is -2.29. The highest BCUT2D eigenvalue weighted by Gasteiger charge is 2.11. The fourth-order valence-electron chi connectivity index (χ4n) is 3.63. The molecule has 36 heavy (non-hydrogen) atoms. The first-order chi connectivity index (χ1) is 17.1. The molecule has 2 aromatic carbocycles. The number of fused-ring (bicyclic) bond motifs is 2. The molecule has 0 unspecified atom stereocenters. The molecule has 11 nitrogen and oxygen atoms in total. The number of carboxylic acids is 2. The lowest BCUT2D eigenvalue weighted by molar-refractivity contribution is -0.139. The molecule has 190 valence electrons. The van der Waals surface area contributed by atoms with Crippen molar-refractivity contribution in [1.29, 1.82) is 0 Å². The van der Waals surface area contributed by atoms with E-state index in [0.29, 0.717) is 35.5 Å². The molecule has 0 spiro atoms. The summed E-state index contributed by atoms with van der Waals surface area (Å²) in [6.07, 6.45) is 0.310. The van der Waals surface area contributed by atoms with Crippen LogP contribution in [0.5, 0.6) is 0 Å². The molecular weight excluding hydrogens is 466 g/mol. The number of carbonyl (C=O) groups excluding carboxylic acids is 2. The molecule has 0 saturated heterocycles. The molecule has 0 bridgehead atoms. The molecule has 0 aliphatic heterocycles. The summed E-state index contributed by atoms with van der Waals surface area (Å²) >= 11 is 0. The molecule has 4 N–H and O–H groups in total. The van der Waals surface area contributed by atoms with Crippen LogP contribution in [0.2, 0.25) is 0 Å². The Morgan fingerprint density at radius 2 is 1.14 bits per heavy atom. The average Bonchev–Trinajstić information content (AvgIpc) is 2.79. The van der Waals surface area contributed by atoms with Crippen LogP contribution in [0.25, 0.3) is 21.8 Å². The summed E-state index contributed by atoms with van der Waals surface area (Å²) in [5.74, 6) is -2.36. The molecule has 0 saturated carbocycles. The number of pyridine rings is 1. The average molecular weight is 496 g/mol. The highest BCUT2D eigenvalue weighted by molar-refractivity contribution is 5.99. The zero-order chi connectivity index (χ0) is 26.2. The third-order valence-electron chi connectivity index (χ3n) is 5.43. The van der Waals surface area contributed by atoms with E-state index in [1.807, 2.05) is 18.2 Å². The Morgan fingerprint density at radius 1 is 0.722 bits per heavy atom. The number of carboxylic acid groups (broad SMARTS) is 2. The molecule has 0 aliphatic carbocycles. The van der Waals surface area contributed by atoms with E-state index in [9.17, 15) is 19.2 Å². The zero-order valence-electron chi connectivity index (χ0n) is 20.2. The molecule has 0 atom stereocenters. The summed E-state index contributed by atoms with van der Waals surface area (Å²) in [6, 6.07) is 12.8. The molecule has 0 fully saturated rings. The van der Waals surface area contributed by atoms with Gasteiger partial charge in [0.1, 0.15) is 0 Å². The number of nitrogens with one attached hydrogen (secondary N) is 2. The van der Waals surface area contributed by atoms with Crippen LogP contribution in [0.4, 0.5) is 11.4 Å². The Labute approximate surface area is 207 Å². The zero-order valence-corrected chi connectivity index (χ0v) is 20.2. The second-order valence-electron chi connectivity index (χ2n) is 8.66. The minimum atomic E-state index is -0.947. The first-order valence-electron chi connectivity index (χ1n) is 11.3. The van der Waals surface area contributed by atoms with Crippen LogP contribution in [0.3, 0.4) is 0 Å². The lowest BCUT2D eigenvalue weighted by atomic mass is 10.1. The minimum absolute atomic E-state index is 0.134. The van der Waals surface area contributed by atoms with Gasteiger partial charge in [-0.15, -0.1) is 0 Å². The van der Waals surface area contributed by atoms with Gasteiger partial charge in [-0.25, -0.2) is 4.98 Å². The summed E-state index contributed by atoms with van der Waals surface area (Å²) in [4.78, 5) is 53.8. The van der Waals surface area contributed by atoms with Gasteiger partial charge in [0.2, 0.25) is 11.8 Å². The van der Waals surface area contributed by atoms with E-state index in [1.165, 1.54) is 0 Å². The van der Waals surface area contributed by atoms with Crippen molar-refractivity contribution in [2.75, 3.05) is 50.9 Å². The molecule has 3 rings (SSSR count). The van der Waals surface area contributed by atoms with Crippen LogP contribution in [0.1, 0.15) is 12.8 Å². The largest absolute Gasteiger partial charge is 0.480 e. The first kappa shape index (κ1) is 26.5. The van der Waals surface area contributed by atoms with Crippen molar-refractivity contribution in [3.05, 3.63) is 42.5 Å². The molecule has 1 aromatic heterocycles. The lowest BCUT2D eigenvalue weighted by Gasteiger charge is -2.14. The van der Waals surface area contributed by atoms with E-state index in [4.69, 9.17) is 10.2 Å². The number of hydrogen-bond acceptors (Lipinski definition) is 7. The number of benzene rings is 2. The van der Waals surface area contributed by atoms with Gasteiger partial charge in [0.05, 0.1) is 24.1 Å². The van der Waals surface area contributed by atoms with Crippen molar-refractivity contribution in [2.45, 2.75) is 12.8 Å². The van der Waals surface area contributed by atoms with Crippen molar-refractivity contribution in [3.63, 3.8) is 0 Å². The number of aliphatic carboxylic acids is 2. The van der Waals surface area contributed by atoms with E-state index in [-0.39, 0.29) is 37.7 Å². The summed E-state index contributed by atoms with van der Waals surface area (Å²) in [7, 11) is 3.28. The van der Waals surface area contributed by atoms with E-state index >= 15 is 0 Å². The van der Waals surface area contributed by atoms with Crippen LogP contribution in [-0.4, -0.2) is 89.0 Å². The topological polar surface area (TPSA) is 152 Å². The maximum Gasteiger partial charge on any atom is 0.317 e. The molecule has 1 heterocycles. The third-order valence-corrected chi connectivity index (χ3v) is 5.43. The van der Waals surface area contributed by atoms with Crippen molar-refractivity contribution in [2.24, 2.45) is 0 Å². The highest BCUT2D eigenvalue weighted by Crippen LogP contribution is 2.25. The second kappa shape index (κ2) is 12.0. The van der Waals surface area contributed by atoms with E-state index in [2.05, 4.69) is 15.6 Å². The Morgan fingerprint density at radius 3 is 1.53 bits per heavy atom. The molecular formula is C25H29N5O6. The van der Waals surface area contributed by atoms with E-state index in [1.54, 1.807) is 48.2 Å². The summed E-state index contributed by atoms with van der Waals surface area (Å²) in [6.45, 7) is 0.368. The molecule has 0 aliphatic rings. The van der Waals surface area contributed by atoms with Gasteiger partial charge in [0.25, 0.3) is 0 Å². The van der Waals surface area contributed by atoms with Crippen LogP contribution < -0.4 is 10.6 Å². The van der Waals surface area contributed by atoms with Crippen molar-refractivity contribution >= 4 is 56.9 Å². The van der Waals surface area contributed by atoms with Gasteiger partial charge in [-0.3, -0.25) is 29.0 Å². The van der Waals surface area contributed by atoms with Crippen molar-refractivity contribution < 1.29 is 29.4 Å². The standard InChI is InChI=1S/C25H29N5O6/c1-29(14-24(33)34)9-7-22(31)26-18-5-3-16-11-17-4-6-19(13-21(17)28-20(16)12-18)27-23(32)8-10-30(2)15-25(35)36/h3-6,11-13H,7-10,14-15H2,1-2H3,(H,26,31)(H,27,32)(H,33,34)(H,35,36). The monoisotopic (exact) mass is 495 g/mol. The maximum absolute atomic E-state index is 12.3. The summed E-state index contributed by atoms with van der Waals surface area (Å²) in [5, 5.41) is 25.0. The molecule has 11 heteroatoms. The predicted octanol–water partition coefficient (Wildman–Crippen LogP) is 2.08. The quantitative estimate of drug-likeness (QED) is 0.277. The Balaban J connectivity index is 1.66. The molecule has 2 amide bonds. The van der Waals surface area contributed by atoms with Gasteiger partial charge in [-0.05, 0) is 44.4 Å². The smallest absolute Gasteiger partial charge is 0.317 e. The van der Waals surface area contributed by atoms with Gasteiger partial charge in [0, 0.05) is 48.1 Å². The number of hydrogen-bond donors (Lipinski definition) is 4. The molecule has 0 radical (unpaired) electrons. The Hall–Kier alpha value is -4.09. The first-order valence-corrected chi connectivity index (χ1v) is 11.3. The second-order valence-corrected chi connectivity index (χ2v) is 8.66. The SMILES string of the molecule is CN(CCC(=O)Nc1ccc2cc3ccc(NC(=O)CCN(C)CC(=O)O)cc3nc2c1)CC(=O)O. The van der Waals surface area contributed by atoms with Crippen molar-refractivity contribution in [1.82, 2.24) is 14.8 Å². The van der Waals surface area contributed by atoms with Crippen LogP contribution in [-0.2, 0) is 19.2 Å².